The summed E-state index contributed by atoms with van der Waals surface area (Å²) in [7, 11) is -2.15. The number of nitrogens with zero attached hydrogens (tertiary/aromatic N) is 1. The largest absolute Gasteiger partial charge is 0.573 e. The Kier molecular flexibility index (Phi) is 6.90. The van der Waals surface area contributed by atoms with Crippen molar-refractivity contribution in [2.45, 2.75) is 49.4 Å². The van der Waals surface area contributed by atoms with E-state index in [2.05, 4.69) is 10.1 Å². The Hall–Kier alpha value is -2.59. The number of sulfonamides is 1. The average Bonchev–Trinajstić information content (AvgIpc) is 2.74. The molecule has 1 fully saturated rings. The first-order valence-corrected chi connectivity index (χ1v) is 11.3. The van der Waals surface area contributed by atoms with Crippen molar-refractivity contribution < 1.29 is 31.1 Å². The van der Waals surface area contributed by atoms with Crippen LogP contribution >= 0.6 is 0 Å². The van der Waals surface area contributed by atoms with E-state index in [0.717, 1.165) is 38.2 Å². The molecule has 0 radical (unpaired) electrons. The van der Waals surface area contributed by atoms with Crippen molar-refractivity contribution >= 4 is 21.6 Å². The zero-order valence-corrected chi connectivity index (χ0v) is 17.7. The highest BCUT2D eigenvalue weighted by Gasteiger charge is 2.32. The fourth-order valence-corrected chi connectivity index (χ4v) is 4.98. The molecule has 31 heavy (non-hydrogen) atoms. The van der Waals surface area contributed by atoms with Crippen LogP contribution in [0.1, 0.15) is 42.5 Å². The van der Waals surface area contributed by atoms with Gasteiger partial charge in [0.25, 0.3) is 5.91 Å². The topological polar surface area (TPSA) is 75.7 Å². The molecule has 6 nitrogen and oxygen atoms in total. The van der Waals surface area contributed by atoms with Crippen molar-refractivity contribution in [3.63, 3.8) is 0 Å². The second-order valence-electron chi connectivity index (χ2n) is 7.34. The van der Waals surface area contributed by atoms with E-state index in [1.54, 1.807) is 7.05 Å². The van der Waals surface area contributed by atoms with Crippen molar-refractivity contribution in [3.8, 4) is 5.75 Å². The summed E-state index contributed by atoms with van der Waals surface area (Å²) in [4.78, 5) is 12.5. The Balaban J connectivity index is 1.74. The van der Waals surface area contributed by atoms with Crippen LogP contribution in [0.2, 0.25) is 0 Å². The molecule has 168 valence electrons. The molecule has 0 unspecified atom stereocenters. The van der Waals surface area contributed by atoms with Crippen LogP contribution in [-0.2, 0) is 10.0 Å². The van der Waals surface area contributed by atoms with Crippen molar-refractivity contribution in [1.29, 1.82) is 0 Å². The van der Waals surface area contributed by atoms with Gasteiger partial charge >= 0.3 is 6.36 Å². The van der Waals surface area contributed by atoms with Gasteiger partial charge in [-0.1, -0.05) is 31.4 Å². The number of rotatable bonds is 6. The Morgan fingerprint density at radius 2 is 1.65 bits per heavy atom. The van der Waals surface area contributed by atoms with Crippen molar-refractivity contribution in [2.24, 2.45) is 0 Å². The SMILES string of the molecule is CN(C1CCCCC1)S(=O)(=O)c1ccc(C(=O)Nc2ccccc2OC(F)(F)F)cc1. The number of anilines is 1. The molecule has 10 heteroatoms. The van der Waals surface area contributed by atoms with Crippen LogP contribution in [0.3, 0.4) is 0 Å². The van der Waals surface area contributed by atoms with Crippen molar-refractivity contribution in [3.05, 3.63) is 54.1 Å². The predicted molar refractivity (Wildman–Crippen MR) is 109 cm³/mol. The minimum Gasteiger partial charge on any atom is -0.404 e. The van der Waals surface area contributed by atoms with E-state index in [4.69, 9.17) is 0 Å². The first kappa shape index (κ1) is 23.1. The Labute approximate surface area is 179 Å². The summed E-state index contributed by atoms with van der Waals surface area (Å²) in [6, 6.07) is 10.4. The summed E-state index contributed by atoms with van der Waals surface area (Å²) in [5.41, 5.74) is -0.0559. The van der Waals surface area contributed by atoms with Gasteiger partial charge < -0.3 is 10.1 Å². The first-order chi connectivity index (χ1) is 14.6. The summed E-state index contributed by atoms with van der Waals surface area (Å²) in [6.07, 6.45) is -0.190. The summed E-state index contributed by atoms with van der Waals surface area (Å²) in [5.74, 6) is -1.24. The Morgan fingerprint density at radius 1 is 1.03 bits per heavy atom. The Morgan fingerprint density at radius 3 is 2.26 bits per heavy atom. The van der Waals surface area contributed by atoms with Crippen LogP contribution in [0, 0.1) is 0 Å². The molecule has 3 rings (SSSR count). The highest BCUT2D eigenvalue weighted by Crippen LogP contribution is 2.30. The molecule has 1 N–H and O–H groups in total. The second-order valence-corrected chi connectivity index (χ2v) is 9.33. The second kappa shape index (κ2) is 9.27. The molecule has 0 aliphatic heterocycles. The van der Waals surface area contributed by atoms with Gasteiger partial charge in [-0.15, -0.1) is 13.2 Å². The lowest BCUT2D eigenvalue weighted by Gasteiger charge is -2.30. The monoisotopic (exact) mass is 456 g/mol. The number of ether oxygens (including phenoxy) is 1. The predicted octanol–water partition coefficient (Wildman–Crippen LogP) is 4.79. The van der Waals surface area contributed by atoms with Gasteiger partial charge in [-0.3, -0.25) is 4.79 Å². The maximum atomic E-state index is 12.9. The molecule has 0 saturated heterocycles. The van der Waals surface area contributed by atoms with E-state index < -0.39 is 28.0 Å². The standard InChI is InChI=1S/C21H23F3N2O4S/c1-26(16-7-3-2-4-8-16)31(28,29)17-13-11-15(12-14-17)20(27)25-18-9-5-6-10-19(18)30-21(22,23)24/h5-6,9-14,16H,2-4,7-8H2,1H3,(H,25,27). The van der Waals surface area contributed by atoms with E-state index in [9.17, 15) is 26.4 Å². The van der Waals surface area contributed by atoms with E-state index >= 15 is 0 Å². The van der Waals surface area contributed by atoms with Gasteiger partial charge in [0.1, 0.15) is 0 Å². The smallest absolute Gasteiger partial charge is 0.404 e. The molecular formula is C21H23F3N2O4S. The zero-order chi connectivity index (χ0) is 22.6. The highest BCUT2D eigenvalue weighted by atomic mass is 32.2. The van der Waals surface area contributed by atoms with E-state index in [-0.39, 0.29) is 22.2 Å². The molecular weight excluding hydrogens is 433 g/mol. The van der Waals surface area contributed by atoms with Gasteiger partial charge in [0.15, 0.2) is 5.75 Å². The number of carbonyl (C=O) groups excluding carboxylic acids is 1. The summed E-state index contributed by atoms with van der Waals surface area (Å²) in [6.45, 7) is 0. The molecule has 0 heterocycles. The third-order valence-corrected chi connectivity index (χ3v) is 7.17. The number of hydrogen-bond acceptors (Lipinski definition) is 4. The maximum absolute atomic E-state index is 12.9. The van der Waals surface area contributed by atoms with Crippen LogP contribution in [0.4, 0.5) is 18.9 Å². The van der Waals surface area contributed by atoms with Crippen LogP contribution in [0.25, 0.3) is 0 Å². The molecule has 2 aromatic rings. The van der Waals surface area contributed by atoms with Gasteiger partial charge in [0, 0.05) is 18.7 Å². The number of carbonyl (C=O) groups is 1. The van der Waals surface area contributed by atoms with Gasteiger partial charge in [0.2, 0.25) is 10.0 Å². The lowest BCUT2D eigenvalue weighted by atomic mass is 9.96. The molecule has 1 amide bonds. The van der Waals surface area contributed by atoms with Gasteiger partial charge in [-0.25, -0.2) is 8.42 Å². The molecule has 0 atom stereocenters. The number of halogens is 3. The van der Waals surface area contributed by atoms with Gasteiger partial charge in [0.05, 0.1) is 10.6 Å². The summed E-state index contributed by atoms with van der Waals surface area (Å²) >= 11 is 0. The summed E-state index contributed by atoms with van der Waals surface area (Å²) < 4.78 is 68.7. The minimum absolute atomic E-state index is 0.0492. The number of para-hydroxylation sites is 2. The quantitative estimate of drug-likeness (QED) is 0.678. The molecule has 0 bridgehead atoms. The normalized spacial score (nSPS) is 15.6. The number of nitrogens with one attached hydrogen (secondary N) is 1. The number of amides is 1. The number of hydrogen-bond donors (Lipinski definition) is 1. The van der Waals surface area contributed by atoms with Crippen LogP contribution < -0.4 is 10.1 Å². The average molecular weight is 456 g/mol. The minimum atomic E-state index is -4.90. The maximum Gasteiger partial charge on any atom is 0.573 e. The Bertz CT molecular complexity index is 1020. The van der Waals surface area contributed by atoms with Gasteiger partial charge in [-0.05, 0) is 49.2 Å². The fraction of sp³-hybridized carbons (Fsp3) is 0.381. The third kappa shape index (κ3) is 5.76. The van der Waals surface area contributed by atoms with Crippen molar-refractivity contribution in [2.75, 3.05) is 12.4 Å². The number of benzene rings is 2. The zero-order valence-electron chi connectivity index (χ0n) is 16.9. The molecule has 0 spiro atoms. The molecule has 1 aliphatic rings. The molecule has 0 aromatic heterocycles. The van der Waals surface area contributed by atoms with Gasteiger partial charge in [-0.2, -0.15) is 4.31 Å². The lowest BCUT2D eigenvalue weighted by Crippen LogP contribution is -2.38. The molecule has 1 aliphatic carbocycles. The van der Waals surface area contributed by atoms with Crippen molar-refractivity contribution in [1.82, 2.24) is 4.31 Å². The lowest BCUT2D eigenvalue weighted by molar-refractivity contribution is -0.274. The number of alkyl halides is 3. The third-order valence-electron chi connectivity index (χ3n) is 5.24. The highest BCUT2D eigenvalue weighted by molar-refractivity contribution is 7.89. The molecule has 1 saturated carbocycles. The van der Waals surface area contributed by atoms with E-state index in [1.165, 1.54) is 46.8 Å². The van der Waals surface area contributed by atoms with Crippen LogP contribution in [0.5, 0.6) is 5.75 Å². The fourth-order valence-electron chi connectivity index (χ4n) is 3.56. The summed E-state index contributed by atoms with van der Waals surface area (Å²) in [5, 5.41) is 2.36. The van der Waals surface area contributed by atoms with Crippen LogP contribution in [0.15, 0.2) is 53.4 Å². The first-order valence-electron chi connectivity index (χ1n) is 9.82. The van der Waals surface area contributed by atoms with E-state index in [0.29, 0.717) is 0 Å². The van der Waals surface area contributed by atoms with E-state index in [1.807, 2.05) is 0 Å². The molecule has 2 aromatic carbocycles. The van der Waals surface area contributed by atoms with Crippen LogP contribution in [-0.4, -0.2) is 38.1 Å².